The normalized spacial score (nSPS) is 14.6. The average Bonchev–Trinajstić information content (AvgIpc) is 3.12. The maximum atomic E-state index is 13.3. The van der Waals surface area contributed by atoms with Crippen LogP contribution in [0.2, 0.25) is 5.02 Å². The Morgan fingerprint density at radius 2 is 1.90 bits per heavy atom. The first-order chi connectivity index (χ1) is 14.1. The van der Waals surface area contributed by atoms with E-state index >= 15 is 0 Å². The summed E-state index contributed by atoms with van der Waals surface area (Å²) in [5.41, 5.74) is 3.87. The Labute approximate surface area is 175 Å². The smallest absolute Gasteiger partial charge is 0.290 e. The highest BCUT2D eigenvalue weighted by atomic mass is 35.5. The number of rotatable bonds is 5. The molecule has 4 rings (SSSR count). The molecule has 2 aromatic carbocycles. The number of halogens is 1. The fourth-order valence-corrected chi connectivity index (χ4v) is 4.00. The fraction of sp³-hybridized carbons (Fsp3) is 0.348. The van der Waals surface area contributed by atoms with Gasteiger partial charge >= 0.3 is 0 Å². The summed E-state index contributed by atoms with van der Waals surface area (Å²) in [5.74, 6) is 0.324. The number of anilines is 1. The minimum absolute atomic E-state index is 0.0710. The van der Waals surface area contributed by atoms with Crippen LogP contribution in [0.1, 0.15) is 28.6 Å². The molecule has 0 radical (unpaired) electrons. The minimum atomic E-state index is -0.0710. The number of nitrogens with zero attached hydrogens (tertiary/aromatic N) is 2. The van der Waals surface area contributed by atoms with Gasteiger partial charge in [0.05, 0.1) is 6.61 Å². The molecular weight excluding hydrogens is 388 g/mol. The zero-order valence-corrected chi connectivity index (χ0v) is 17.5. The van der Waals surface area contributed by atoms with E-state index in [2.05, 4.69) is 11.8 Å². The molecule has 29 heavy (non-hydrogen) atoms. The third-order valence-electron chi connectivity index (χ3n) is 5.42. The number of hydrogen-bond acceptors (Lipinski definition) is 4. The molecule has 3 aromatic rings. The molecular formula is C23H25ClN2O3. The molecule has 1 aromatic heterocycles. The summed E-state index contributed by atoms with van der Waals surface area (Å²) in [6.07, 6.45) is 0. The molecule has 1 saturated heterocycles. The first-order valence-corrected chi connectivity index (χ1v) is 10.3. The van der Waals surface area contributed by atoms with Crippen molar-refractivity contribution in [2.45, 2.75) is 20.5 Å². The second kappa shape index (κ2) is 8.47. The van der Waals surface area contributed by atoms with Crippen molar-refractivity contribution in [1.82, 2.24) is 4.90 Å². The SMILES string of the molecule is CCOCc1c(C(=O)N2CCN(c3cc(Cl)ccc3C)CC2)oc2ccccc12. The van der Waals surface area contributed by atoms with Crippen molar-refractivity contribution in [3.05, 3.63) is 64.4 Å². The number of benzene rings is 2. The van der Waals surface area contributed by atoms with E-state index in [9.17, 15) is 4.79 Å². The highest BCUT2D eigenvalue weighted by Crippen LogP contribution is 2.29. The molecule has 5 nitrogen and oxygen atoms in total. The van der Waals surface area contributed by atoms with E-state index in [1.54, 1.807) is 0 Å². The van der Waals surface area contributed by atoms with Crippen molar-refractivity contribution in [1.29, 1.82) is 0 Å². The van der Waals surface area contributed by atoms with Crippen LogP contribution in [0.25, 0.3) is 11.0 Å². The predicted molar refractivity (Wildman–Crippen MR) is 116 cm³/mol. The zero-order chi connectivity index (χ0) is 20.4. The Kier molecular flexibility index (Phi) is 5.79. The van der Waals surface area contributed by atoms with Crippen molar-refractivity contribution in [3.63, 3.8) is 0 Å². The first kappa shape index (κ1) is 19.8. The standard InChI is InChI=1S/C23H25ClN2O3/c1-3-28-15-19-18-6-4-5-7-21(18)29-22(19)23(27)26-12-10-25(11-13-26)20-14-17(24)9-8-16(20)2/h4-9,14H,3,10-13,15H2,1-2H3. The van der Waals surface area contributed by atoms with Crippen LogP contribution in [0.4, 0.5) is 5.69 Å². The van der Waals surface area contributed by atoms with Crippen LogP contribution >= 0.6 is 11.6 Å². The van der Waals surface area contributed by atoms with Crippen molar-refractivity contribution < 1.29 is 13.9 Å². The van der Waals surface area contributed by atoms with E-state index in [4.69, 9.17) is 20.8 Å². The van der Waals surface area contributed by atoms with E-state index in [0.29, 0.717) is 32.1 Å². The number of fused-ring (bicyclic) bond motifs is 1. The van der Waals surface area contributed by atoms with Crippen LogP contribution in [-0.2, 0) is 11.3 Å². The lowest BCUT2D eigenvalue weighted by molar-refractivity contribution is 0.0706. The minimum Gasteiger partial charge on any atom is -0.451 e. The van der Waals surface area contributed by atoms with Gasteiger partial charge in [-0.25, -0.2) is 0 Å². The van der Waals surface area contributed by atoms with Crippen molar-refractivity contribution in [3.8, 4) is 0 Å². The Balaban J connectivity index is 1.53. The molecule has 1 aliphatic heterocycles. The van der Waals surface area contributed by atoms with E-state index in [0.717, 1.165) is 40.3 Å². The highest BCUT2D eigenvalue weighted by molar-refractivity contribution is 6.30. The molecule has 0 saturated carbocycles. The number of carbonyl (C=O) groups excluding carboxylic acids is 1. The number of amides is 1. The number of furan rings is 1. The van der Waals surface area contributed by atoms with Gasteiger partial charge in [0.25, 0.3) is 5.91 Å². The summed E-state index contributed by atoms with van der Waals surface area (Å²) in [5, 5.41) is 1.67. The van der Waals surface area contributed by atoms with Crippen molar-refractivity contribution in [2.75, 3.05) is 37.7 Å². The Hall–Kier alpha value is -2.50. The molecule has 0 N–H and O–H groups in total. The highest BCUT2D eigenvalue weighted by Gasteiger charge is 2.28. The molecule has 1 fully saturated rings. The second-order valence-electron chi connectivity index (χ2n) is 7.25. The molecule has 1 aliphatic rings. The van der Waals surface area contributed by atoms with Crippen molar-refractivity contribution >= 4 is 34.2 Å². The molecule has 1 amide bonds. The lowest BCUT2D eigenvalue weighted by atomic mass is 10.1. The van der Waals surface area contributed by atoms with Gasteiger partial charge in [0.15, 0.2) is 5.76 Å². The Bertz CT molecular complexity index is 1020. The number of hydrogen-bond donors (Lipinski definition) is 0. The number of carbonyl (C=O) groups is 1. The number of aryl methyl sites for hydroxylation is 1. The van der Waals surface area contributed by atoms with Crippen LogP contribution in [0.3, 0.4) is 0 Å². The largest absolute Gasteiger partial charge is 0.451 e. The van der Waals surface area contributed by atoms with E-state index in [1.807, 2.05) is 54.3 Å². The molecule has 0 bridgehead atoms. The van der Waals surface area contributed by atoms with Crippen molar-refractivity contribution in [2.24, 2.45) is 0 Å². The zero-order valence-electron chi connectivity index (χ0n) is 16.8. The van der Waals surface area contributed by atoms with Gasteiger partial charge in [0.2, 0.25) is 0 Å². The number of para-hydroxylation sites is 1. The third kappa shape index (κ3) is 3.98. The number of ether oxygens (including phenoxy) is 1. The van der Waals surface area contributed by atoms with Gasteiger partial charge < -0.3 is 19.0 Å². The molecule has 152 valence electrons. The van der Waals surface area contributed by atoms with Gasteiger partial charge in [-0.2, -0.15) is 0 Å². The molecule has 2 heterocycles. The van der Waals surface area contributed by atoms with Gasteiger partial charge in [0, 0.05) is 54.4 Å². The van der Waals surface area contributed by atoms with Crippen LogP contribution in [-0.4, -0.2) is 43.6 Å². The third-order valence-corrected chi connectivity index (χ3v) is 5.66. The average molecular weight is 413 g/mol. The lowest BCUT2D eigenvalue weighted by Gasteiger charge is -2.36. The maximum absolute atomic E-state index is 13.3. The van der Waals surface area contributed by atoms with Crippen LogP contribution < -0.4 is 4.90 Å². The summed E-state index contributed by atoms with van der Waals surface area (Å²) in [6, 6.07) is 13.7. The van der Waals surface area contributed by atoms with Gasteiger partial charge in [-0.3, -0.25) is 4.79 Å². The summed E-state index contributed by atoms with van der Waals surface area (Å²) >= 11 is 6.18. The Morgan fingerprint density at radius 1 is 1.14 bits per heavy atom. The summed E-state index contributed by atoms with van der Waals surface area (Å²) in [4.78, 5) is 17.4. The molecule has 0 atom stereocenters. The number of piperazine rings is 1. The first-order valence-electron chi connectivity index (χ1n) is 9.97. The van der Waals surface area contributed by atoms with E-state index in [-0.39, 0.29) is 5.91 Å². The fourth-order valence-electron chi connectivity index (χ4n) is 3.84. The Morgan fingerprint density at radius 3 is 2.66 bits per heavy atom. The van der Waals surface area contributed by atoms with E-state index < -0.39 is 0 Å². The summed E-state index contributed by atoms with van der Waals surface area (Å²) in [6.45, 7) is 7.77. The van der Waals surface area contributed by atoms with Gasteiger partial charge in [-0.05, 0) is 37.6 Å². The lowest BCUT2D eigenvalue weighted by Crippen LogP contribution is -2.49. The maximum Gasteiger partial charge on any atom is 0.290 e. The van der Waals surface area contributed by atoms with Gasteiger partial charge in [-0.1, -0.05) is 35.9 Å². The molecule has 0 aliphatic carbocycles. The summed E-state index contributed by atoms with van der Waals surface area (Å²) < 4.78 is 11.6. The van der Waals surface area contributed by atoms with Crippen LogP contribution in [0, 0.1) is 6.92 Å². The molecule has 6 heteroatoms. The van der Waals surface area contributed by atoms with E-state index in [1.165, 1.54) is 5.56 Å². The van der Waals surface area contributed by atoms with Gasteiger partial charge in [0.1, 0.15) is 5.58 Å². The van der Waals surface area contributed by atoms with Crippen LogP contribution in [0.5, 0.6) is 0 Å². The quantitative estimate of drug-likeness (QED) is 0.598. The van der Waals surface area contributed by atoms with Crippen LogP contribution in [0.15, 0.2) is 46.9 Å². The summed E-state index contributed by atoms with van der Waals surface area (Å²) in [7, 11) is 0. The topological polar surface area (TPSA) is 45.9 Å². The molecule has 0 unspecified atom stereocenters. The predicted octanol–water partition coefficient (Wildman–Crippen LogP) is 4.89. The second-order valence-corrected chi connectivity index (χ2v) is 7.69. The molecule has 0 spiro atoms. The van der Waals surface area contributed by atoms with Gasteiger partial charge in [-0.15, -0.1) is 0 Å². The monoisotopic (exact) mass is 412 g/mol.